The second kappa shape index (κ2) is 6.67. The van der Waals surface area contributed by atoms with Gasteiger partial charge in [-0.2, -0.15) is 0 Å². The molecular weight excluding hydrogens is 318 g/mol. The molecular formula is C16H18ClN3OS. The lowest BCUT2D eigenvalue weighted by atomic mass is 10.1. The first-order valence-electron chi connectivity index (χ1n) is 7.37. The van der Waals surface area contributed by atoms with Crippen molar-refractivity contribution in [1.29, 1.82) is 0 Å². The maximum absolute atomic E-state index is 12.6. The molecule has 0 radical (unpaired) electrons. The summed E-state index contributed by atoms with van der Waals surface area (Å²) in [6.45, 7) is 4.30. The molecule has 1 saturated heterocycles. The van der Waals surface area contributed by atoms with Crippen LogP contribution in [0, 0.1) is 6.92 Å². The van der Waals surface area contributed by atoms with Gasteiger partial charge in [0.1, 0.15) is 5.01 Å². The Hall–Kier alpha value is -1.59. The van der Waals surface area contributed by atoms with Gasteiger partial charge >= 0.3 is 0 Å². The van der Waals surface area contributed by atoms with Crippen LogP contribution in [0.4, 0.5) is 5.69 Å². The number of carbonyl (C=O) groups is 1. The average Bonchev–Trinajstić information content (AvgIpc) is 3.16. The van der Waals surface area contributed by atoms with Gasteiger partial charge in [-0.25, -0.2) is 4.98 Å². The molecule has 1 aliphatic heterocycles. The number of nitrogens with one attached hydrogen (secondary N) is 1. The summed E-state index contributed by atoms with van der Waals surface area (Å²) in [4.78, 5) is 20.1. The van der Waals surface area contributed by atoms with Crippen LogP contribution in [0.25, 0.3) is 0 Å². The van der Waals surface area contributed by atoms with E-state index in [1.807, 2.05) is 24.1 Å². The number of halogens is 1. The van der Waals surface area contributed by atoms with Crippen molar-refractivity contribution in [3.63, 3.8) is 0 Å². The van der Waals surface area contributed by atoms with Crippen molar-refractivity contribution in [1.82, 2.24) is 9.88 Å². The number of rotatable bonds is 4. The number of nitrogens with zero attached hydrogens (tertiary/aromatic N) is 2. The third-order valence-corrected chi connectivity index (χ3v) is 4.85. The first-order chi connectivity index (χ1) is 10.6. The summed E-state index contributed by atoms with van der Waals surface area (Å²) in [6, 6.07) is 5.42. The molecule has 22 heavy (non-hydrogen) atoms. The lowest BCUT2D eigenvalue weighted by molar-refractivity contribution is 0.0793. The summed E-state index contributed by atoms with van der Waals surface area (Å²) >= 11 is 7.73. The second-order valence-corrected chi connectivity index (χ2v) is 7.16. The molecule has 116 valence electrons. The third kappa shape index (κ3) is 3.42. The largest absolute Gasteiger partial charge is 0.378 e. The molecule has 3 rings (SSSR count). The highest BCUT2D eigenvalue weighted by molar-refractivity contribution is 7.11. The van der Waals surface area contributed by atoms with E-state index in [-0.39, 0.29) is 5.91 Å². The van der Waals surface area contributed by atoms with Crippen LogP contribution < -0.4 is 5.32 Å². The van der Waals surface area contributed by atoms with Gasteiger partial charge in [0, 0.05) is 34.9 Å². The molecule has 0 atom stereocenters. The molecule has 1 N–H and O–H groups in total. The summed E-state index contributed by atoms with van der Waals surface area (Å²) in [5.74, 6) is 0.0535. The van der Waals surface area contributed by atoms with Crippen molar-refractivity contribution in [2.24, 2.45) is 0 Å². The zero-order chi connectivity index (χ0) is 15.5. The quantitative estimate of drug-likeness (QED) is 0.920. The summed E-state index contributed by atoms with van der Waals surface area (Å²) in [5, 5.41) is 4.90. The number of amides is 1. The van der Waals surface area contributed by atoms with Gasteiger partial charge in [0.2, 0.25) is 0 Å². The maximum atomic E-state index is 12.6. The van der Waals surface area contributed by atoms with Crippen LogP contribution in [0.3, 0.4) is 0 Å². The fourth-order valence-electron chi connectivity index (χ4n) is 2.59. The molecule has 0 spiro atoms. The van der Waals surface area contributed by atoms with Crippen molar-refractivity contribution in [3.05, 3.63) is 44.9 Å². The van der Waals surface area contributed by atoms with Crippen LogP contribution in [-0.2, 0) is 6.54 Å². The Balaban J connectivity index is 1.79. The van der Waals surface area contributed by atoms with E-state index in [2.05, 4.69) is 10.3 Å². The monoisotopic (exact) mass is 335 g/mol. The molecule has 0 bridgehead atoms. The topological polar surface area (TPSA) is 45.2 Å². The average molecular weight is 336 g/mol. The van der Waals surface area contributed by atoms with Gasteiger partial charge in [0.15, 0.2) is 0 Å². The van der Waals surface area contributed by atoms with E-state index in [4.69, 9.17) is 11.6 Å². The molecule has 1 amide bonds. The lowest BCUT2D eigenvalue weighted by Gasteiger charge is -2.18. The van der Waals surface area contributed by atoms with Crippen LogP contribution in [0.2, 0.25) is 5.02 Å². The molecule has 0 unspecified atom stereocenters. The summed E-state index contributed by atoms with van der Waals surface area (Å²) in [7, 11) is 0. The van der Waals surface area contributed by atoms with Crippen molar-refractivity contribution >= 4 is 34.5 Å². The van der Waals surface area contributed by atoms with Crippen LogP contribution in [0.1, 0.15) is 33.1 Å². The predicted molar refractivity (Wildman–Crippen MR) is 90.8 cm³/mol. The molecule has 4 nitrogen and oxygen atoms in total. The molecule has 2 heterocycles. The Bertz CT molecular complexity index is 680. The summed E-state index contributed by atoms with van der Waals surface area (Å²) in [5.41, 5.74) is 1.46. The first kappa shape index (κ1) is 15.3. The van der Waals surface area contributed by atoms with E-state index >= 15 is 0 Å². The van der Waals surface area contributed by atoms with Gasteiger partial charge in [-0.05, 0) is 38.0 Å². The normalized spacial score (nSPS) is 14.4. The van der Waals surface area contributed by atoms with E-state index in [0.717, 1.165) is 36.6 Å². The van der Waals surface area contributed by atoms with Crippen LogP contribution >= 0.6 is 22.9 Å². The van der Waals surface area contributed by atoms with Gasteiger partial charge in [-0.1, -0.05) is 11.6 Å². The smallest absolute Gasteiger partial charge is 0.256 e. The van der Waals surface area contributed by atoms with Gasteiger partial charge in [0.25, 0.3) is 5.91 Å². The predicted octanol–water partition coefficient (Wildman–Crippen LogP) is 3.95. The fourth-order valence-corrected chi connectivity index (χ4v) is 3.49. The Morgan fingerprint density at radius 2 is 2.18 bits per heavy atom. The Morgan fingerprint density at radius 3 is 2.86 bits per heavy atom. The molecule has 0 aliphatic carbocycles. The third-order valence-electron chi connectivity index (χ3n) is 3.70. The highest BCUT2D eigenvalue weighted by atomic mass is 35.5. The molecule has 1 aromatic carbocycles. The van der Waals surface area contributed by atoms with Gasteiger partial charge < -0.3 is 10.2 Å². The van der Waals surface area contributed by atoms with E-state index in [0.29, 0.717) is 17.1 Å². The van der Waals surface area contributed by atoms with Crippen molar-refractivity contribution in [3.8, 4) is 0 Å². The number of aromatic nitrogens is 1. The van der Waals surface area contributed by atoms with Gasteiger partial charge in [-0.3, -0.25) is 4.79 Å². The van der Waals surface area contributed by atoms with E-state index < -0.39 is 0 Å². The molecule has 1 aliphatic rings. The number of thiazole rings is 1. The van der Waals surface area contributed by atoms with Gasteiger partial charge in [-0.15, -0.1) is 11.3 Å². The molecule has 2 aromatic rings. The number of benzene rings is 1. The number of aryl methyl sites for hydroxylation is 1. The Morgan fingerprint density at radius 1 is 1.41 bits per heavy atom. The molecule has 1 aromatic heterocycles. The SMILES string of the molecule is Cc1cnc(CNc2ccc(Cl)cc2C(=O)N2CCCC2)s1. The van der Waals surface area contributed by atoms with Crippen LogP contribution in [0.15, 0.2) is 24.4 Å². The minimum absolute atomic E-state index is 0.0535. The second-order valence-electron chi connectivity index (χ2n) is 5.41. The fraction of sp³-hybridized carbons (Fsp3) is 0.375. The standard InChI is InChI=1S/C16H18ClN3OS/c1-11-9-19-15(22-11)10-18-14-5-4-12(17)8-13(14)16(21)20-6-2-3-7-20/h4-5,8-9,18H,2-3,6-7,10H2,1H3. The number of anilines is 1. The maximum Gasteiger partial charge on any atom is 0.256 e. The van der Waals surface area contributed by atoms with Crippen LogP contribution in [-0.4, -0.2) is 28.9 Å². The highest BCUT2D eigenvalue weighted by Gasteiger charge is 2.22. The number of hydrogen-bond donors (Lipinski definition) is 1. The van der Waals surface area contributed by atoms with E-state index in [1.165, 1.54) is 4.88 Å². The lowest BCUT2D eigenvalue weighted by Crippen LogP contribution is -2.28. The first-order valence-corrected chi connectivity index (χ1v) is 8.57. The van der Waals surface area contributed by atoms with Crippen molar-refractivity contribution in [2.75, 3.05) is 18.4 Å². The van der Waals surface area contributed by atoms with Crippen molar-refractivity contribution < 1.29 is 4.79 Å². The number of likely N-dealkylation sites (tertiary alicyclic amines) is 1. The Labute approximate surface area is 139 Å². The van der Waals surface area contributed by atoms with E-state index in [1.54, 1.807) is 23.5 Å². The zero-order valence-corrected chi connectivity index (χ0v) is 14.0. The molecule has 1 fully saturated rings. The molecule has 0 saturated carbocycles. The Kier molecular flexibility index (Phi) is 4.64. The number of hydrogen-bond acceptors (Lipinski definition) is 4. The number of carbonyl (C=O) groups excluding carboxylic acids is 1. The van der Waals surface area contributed by atoms with E-state index in [9.17, 15) is 4.79 Å². The summed E-state index contributed by atoms with van der Waals surface area (Å²) < 4.78 is 0. The minimum Gasteiger partial charge on any atom is -0.378 e. The van der Waals surface area contributed by atoms with Crippen LogP contribution in [0.5, 0.6) is 0 Å². The van der Waals surface area contributed by atoms with Crippen molar-refractivity contribution in [2.45, 2.75) is 26.3 Å². The summed E-state index contributed by atoms with van der Waals surface area (Å²) in [6.07, 6.45) is 4.01. The minimum atomic E-state index is 0.0535. The highest BCUT2D eigenvalue weighted by Crippen LogP contribution is 2.25. The molecule has 6 heteroatoms. The zero-order valence-electron chi connectivity index (χ0n) is 12.4. The van der Waals surface area contributed by atoms with Gasteiger partial charge in [0.05, 0.1) is 12.1 Å².